The molecule has 4 unspecified atom stereocenters. The predicted octanol–water partition coefficient (Wildman–Crippen LogP) is -3.58. The lowest BCUT2D eigenvalue weighted by molar-refractivity contribution is -0.116. The molecule has 0 spiro atoms. The Morgan fingerprint density at radius 2 is 1.60 bits per heavy atom. The van der Waals surface area contributed by atoms with Crippen LogP contribution < -0.4 is 0 Å². The van der Waals surface area contributed by atoms with Gasteiger partial charge in [-0.15, -0.1) is 0 Å². The highest BCUT2D eigenvalue weighted by atomic mass is 16.4. The molecule has 0 aromatic carbocycles. The van der Waals surface area contributed by atoms with E-state index in [-0.39, 0.29) is 6.54 Å². The van der Waals surface area contributed by atoms with Crippen molar-refractivity contribution in [2.24, 2.45) is 0 Å². The van der Waals surface area contributed by atoms with Gasteiger partial charge in [0.25, 0.3) is 0 Å². The van der Waals surface area contributed by atoms with Crippen molar-refractivity contribution in [1.82, 2.24) is 4.90 Å². The third-order valence-electron chi connectivity index (χ3n) is 1.94. The van der Waals surface area contributed by atoms with E-state index < -0.39 is 31.0 Å². The van der Waals surface area contributed by atoms with Gasteiger partial charge in [-0.3, -0.25) is 4.79 Å². The summed E-state index contributed by atoms with van der Waals surface area (Å²) in [6.07, 6.45) is -4.84. The van der Waals surface area contributed by atoms with Crippen LogP contribution in [0.2, 0.25) is 0 Å². The van der Waals surface area contributed by atoms with E-state index in [1.807, 2.05) is 0 Å². The molecule has 0 aliphatic rings. The number of aliphatic hydroxyl groups excluding tert-OH is 5. The normalized spacial score (nSPS) is 19.1. The highest BCUT2D eigenvalue weighted by molar-refractivity contribution is 5.47. The van der Waals surface area contributed by atoms with Gasteiger partial charge >= 0.3 is 6.41 Å². The van der Waals surface area contributed by atoms with Crippen LogP contribution in [0.4, 0.5) is 0 Å². The number of rotatable bonds is 7. The largest absolute Gasteiger partial charge is 0.394 e. The Bertz CT molecular complexity index is 190. The van der Waals surface area contributed by atoms with Crippen LogP contribution in [0.3, 0.4) is 0 Å². The van der Waals surface area contributed by atoms with Crippen molar-refractivity contribution in [1.29, 1.82) is 0 Å². The lowest BCUT2D eigenvalue weighted by Gasteiger charge is -2.26. The highest BCUT2D eigenvalue weighted by Crippen LogP contribution is 2.05. The minimum Gasteiger partial charge on any atom is -0.394 e. The summed E-state index contributed by atoms with van der Waals surface area (Å²) < 4.78 is 0. The molecule has 0 rings (SSSR count). The molecule has 0 aliphatic carbocycles. The first kappa shape index (κ1) is 14.3. The molecule has 0 saturated carbocycles. The van der Waals surface area contributed by atoms with Crippen LogP contribution >= 0.6 is 0 Å². The molecule has 5 N–H and O–H groups in total. The summed E-state index contributed by atoms with van der Waals surface area (Å²) in [4.78, 5) is 11.0. The second-order valence-corrected chi connectivity index (χ2v) is 3.27. The average Bonchev–Trinajstić information content (AvgIpc) is 2.25. The highest BCUT2D eigenvalue weighted by Gasteiger charge is 2.30. The second-order valence-electron chi connectivity index (χ2n) is 3.27. The Balaban J connectivity index is 4.17. The van der Waals surface area contributed by atoms with Crippen molar-refractivity contribution >= 4 is 6.41 Å². The van der Waals surface area contributed by atoms with Gasteiger partial charge in [-0.1, -0.05) is 0 Å². The number of carbonyl (C=O) groups excluding carboxylic acids is 1. The minimum atomic E-state index is -1.68. The fourth-order valence-electron chi connectivity index (χ4n) is 0.989. The number of hydrogen-bond donors (Lipinski definition) is 5. The van der Waals surface area contributed by atoms with Crippen molar-refractivity contribution in [3.8, 4) is 0 Å². The first-order chi connectivity index (χ1) is 6.93. The monoisotopic (exact) mass is 222 g/mol. The molecule has 15 heavy (non-hydrogen) atoms. The van der Waals surface area contributed by atoms with E-state index >= 15 is 0 Å². The van der Waals surface area contributed by atoms with Crippen LogP contribution in [0, 0.1) is 0 Å². The molecule has 7 heteroatoms. The summed E-state index contributed by atoms with van der Waals surface area (Å²) in [5, 5.41) is 45.3. The van der Waals surface area contributed by atoms with Crippen LogP contribution in [0.5, 0.6) is 0 Å². The number of nitrogens with zero attached hydrogens (tertiary/aromatic N) is 1. The maximum absolute atomic E-state index is 10.1. The van der Waals surface area contributed by atoms with E-state index in [0.29, 0.717) is 0 Å². The maximum Gasteiger partial charge on any atom is 0.311 e. The molecule has 0 aliphatic heterocycles. The Kier molecular flexibility index (Phi) is 6.37. The molecule has 7 nitrogen and oxygen atoms in total. The molecular weight excluding hydrogens is 206 g/mol. The molecule has 0 saturated heterocycles. The number of likely N-dealkylation sites (N-methyl/N-ethyl adjacent to an activating group) is 1. The third kappa shape index (κ3) is 4.54. The quantitative estimate of drug-likeness (QED) is 0.284. The number of hydrogen-bond acceptors (Lipinski definition) is 6. The zero-order valence-corrected chi connectivity index (χ0v) is 8.32. The minimum absolute atomic E-state index is 0.236. The third-order valence-corrected chi connectivity index (χ3v) is 1.94. The molecule has 89 valence electrons. The standard InChI is InChI=1S/C8H16NO6/c1-9(4-11)2-5(12)7(14)8(15)6(13)3-10/h5-8,10,12-15H,2-3H2,1H3. The van der Waals surface area contributed by atoms with Gasteiger partial charge in [0.1, 0.15) is 24.4 Å². The molecule has 1 radical (unpaired) electrons. The van der Waals surface area contributed by atoms with Gasteiger partial charge in [-0.25, -0.2) is 0 Å². The molecule has 0 aromatic rings. The van der Waals surface area contributed by atoms with Crippen molar-refractivity contribution < 1.29 is 30.3 Å². The lowest BCUT2D eigenvalue weighted by Crippen LogP contribution is -2.49. The summed E-state index contributed by atoms with van der Waals surface area (Å²) in [7, 11) is 1.33. The van der Waals surface area contributed by atoms with Gasteiger partial charge in [0.2, 0.25) is 0 Å². The number of amides is 1. The number of aliphatic hydroxyl groups is 5. The van der Waals surface area contributed by atoms with Gasteiger partial charge in [0.05, 0.1) is 6.61 Å². The first-order valence-corrected chi connectivity index (χ1v) is 4.36. The Hall–Kier alpha value is -0.730. The van der Waals surface area contributed by atoms with Crippen molar-refractivity contribution in [2.75, 3.05) is 20.2 Å². The topological polar surface area (TPSA) is 121 Å². The van der Waals surface area contributed by atoms with Crippen LogP contribution in [0.1, 0.15) is 0 Å². The second kappa shape index (κ2) is 6.70. The smallest absolute Gasteiger partial charge is 0.311 e. The summed E-state index contributed by atoms with van der Waals surface area (Å²) >= 11 is 0. The SMILES string of the molecule is CN([C]=O)CC(O)C(O)C(O)C(O)CO. The van der Waals surface area contributed by atoms with E-state index in [1.54, 1.807) is 0 Å². The molecule has 1 amide bonds. The van der Waals surface area contributed by atoms with Gasteiger partial charge in [0.15, 0.2) is 0 Å². The van der Waals surface area contributed by atoms with Crippen LogP contribution in [0.15, 0.2) is 0 Å². The summed E-state index contributed by atoms with van der Waals surface area (Å²) in [6.45, 7) is -0.972. The summed E-state index contributed by atoms with van der Waals surface area (Å²) in [5.41, 5.74) is 0. The Morgan fingerprint density at radius 1 is 1.13 bits per heavy atom. The molecule has 0 aromatic heterocycles. The Labute approximate surface area is 87.2 Å². The van der Waals surface area contributed by atoms with E-state index in [1.165, 1.54) is 13.5 Å². The van der Waals surface area contributed by atoms with Crippen molar-refractivity contribution in [3.05, 3.63) is 0 Å². The molecule has 0 bridgehead atoms. The molecular formula is C8H16NO6. The van der Waals surface area contributed by atoms with Crippen molar-refractivity contribution in [3.63, 3.8) is 0 Å². The average molecular weight is 222 g/mol. The predicted molar refractivity (Wildman–Crippen MR) is 49.4 cm³/mol. The fourth-order valence-corrected chi connectivity index (χ4v) is 0.989. The molecule has 0 fully saturated rings. The fraction of sp³-hybridized carbons (Fsp3) is 0.875. The van der Waals surface area contributed by atoms with E-state index in [0.717, 1.165) is 4.90 Å². The van der Waals surface area contributed by atoms with Crippen LogP contribution in [-0.2, 0) is 4.79 Å². The molecule has 0 heterocycles. The lowest BCUT2D eigenvalue weighted by atomic mass is 10.0. The Morgan fingerprint density at radius 3 is 2.00 bits per heavy atom. The first-order valence-electron chi connectivity index (χ1n) is 4.36. The summed E-state index contributed by atoms with van der Waals surface area (Å²) in [6, 6.07) is 0. The van der Waals surface area contributed by atoms with Gasteiger partial charge < -0.3 is 30.4 Å². The van der Waals surface area contributed by atoms with E-state index in [9.17, 15) is 20.1 Å². The summed E-state index contributed by atoms with van der Waals surface area (Å²) in [5.74, 6) is 0. The van der Waals surface area contributed by atoms with Crippen LogP contribution in [-0.4, -0.2) is 81.5 Å². The maximum atomic E-state index is 10.1. The van der Waals surface area contributed by atoms with Gasteiger partial charge in [-0.2, -0.15) is 0 Å². The van der Waals surface area contributed by atoms with Crippen LogP contribution in [0.25, 0.3) is 0 Å². The van der Waals surface area contributed by atoms with Gasteiger partial charge in [-0.05, 0) is 0 Å². The zero-order chi connectivity index (χ0) is 12.0. The zero-order valence-electron chi connectivity index (χ0n) is 8.32. The van der Waals surface area contributed by atoms with Crippen molar-refractivity contribution in [2.45, 2.75) is 24.4 Å². The van der Waals surface area contributed by atoms with E-state index in [2.05, 4.69) is 0 Å². The van der Waals surface area contributed by atoms with E-state index in [4.69, 9.17) is 10.2 Å². The van der Waals surface area contributed by atoms with Gasteiger partial charge in [0, 0.05) is 13.6 Å². The molecule has 4 atom stereocenters.